The van der Waals surface area contributed by atoms with E-state index in [1.54, 1.807) is 16.9 Å². The van der Waals surface area contributed by atoms with E-state index in [1.807, 2.05) is 92.8 Å². The third kappa shape index (κ3) is 6.95. The van der Waals surface area contributed by atoms with Gasteiger partial charge in [0, 0.05) is 35.8 Å². The van der Waals surface area contributed by atoms with Gasteiger partial charge in [-0.2, -0.15) is 0 Å². The van der Waals surface area contributed by atoms with Crippen LogP contribution in [0.5, 0.6) is 5.75 Å². The summed E-state index contributed by atoms with van der Waals surface area (Å²) in [6, 6.07) is 22.4. The van der Waals surface area contributed by atoms with Gasteiger partial charge >= 0.3 is 0 Å². The molecular formula is C38H48N4O7Si. The zero-order valence-electron chi connectivity index (χ0n) is 29.2. The van der Waals surface area contributed by atoms with Crippen LogP contribution in [0.3, 0.4) is 0 Å². The predicted octanol–water partition coefficient (Wildman–Crippen LogP) is 4.14. The number of nitrogens with zero attached hydrogens (tertiary/aromatic N) is 2. The van der Waals surface area contributed by atoms with E-state index in [0.717, 1.165) is 30.5 Å². The van der Waals surface area contributed by atoms with Crippen LogP contribution < -0.4 is 20.3 Å². The second-order valence-corrected chi connectivity index (χ2v) is 18.2. The fourth-order valence-electron chi connectivity index (χ4n) is 8.07. The van der Waals surface area contributed by atoms with Crippen molar-refractivity contribution in [3.05, 3.63) is 89.5 Å². The van der Waals surface area contributed by atoms with Crippen LogP contribution in [-0.2, 0) is 37.8 Å². The van der Waals surface area contributed by atoms with Crippen molar-refractivity contribution in [1.29, 1.82) is 0 Å². The minimum Gasteiger partial charge on any atom is -0.497 e. The number of benzene rings is 3. The molecule has 0 aliphatic carbocycles. The smallest absolute Gasteiger partial charge is 0.264 e. The third-order valence-corrected chi connectivity index (χ3v) is 12.9. The highest BCUT2D eigenvalue weighted by Crippen LogP contribution is 2.60. The van der Waals surface area contributed by atoms with Gasteiger partial charge in [-0.25, -0.2) is 0 Å². The van der Waals surface area contributed by atoms with Gasteiger partial charge in [-0.3, -0.25) is 14.4 Å². The Balaban J connectivity index is 1.28. The van der Waals surface area contributed by atoms with Crippen LogP contribution in [0.25, 0.3) is 0 Å². The highest BCUT2D eigenvalue weighted by atomic mass is 28.4. The number of hydrogen-bond donors (Lipinski definition) is 4. The van der Waals surface area contributed by atoms with E-state index in [4.69, 9.17) is 9.47 Å². The monoisotopic (exact) mass is 700 g/mol. The summed E-state index contributed by atoms with van der Waals surface area (Å²) in [5.74, 6) is -0.423. The second-order valence-electron chi connectivity index (χ2n) is 14.2. The number of nitrogens with one attached hydrogen (secondary N) is 2. The highest BCUT2D eigenvalue weighted by Gasteiger charge is 2.66. The van der Waals surface area contributed by atoms with E-state index >= 15 is 0 Å². The van der Waals surface area contributed by atoms with E-state index in [1.165, 1.54) is 0 Å². The van der Waals surface area contributed by atoms with Gasteiger partial charge in [0.2, 0.25) is 11.8 Å². The first-order valence-corrected chi connectivity index (χ1v) is 20.4. The summed E-state index contributed by atoms with van der Waals surface area (Å²) < 4.78 is 12.5. The van der Waals surface area contributed by atoms with Crippen LogP contribution in [0.15, 0.2) is 72.8 Å². The fraction of sp³-hybridized carbons (Fsp3) is 0.447. The number of aliphatic hydroxyl groups excluding tert-OH is 1. The lowest BCUT2D eigenvalue weighted by Crippen LogP contribution is -2.46. The highest BCUT2D eigenvalue weighted by molar-refractivity contribution is 6.71. The summed E-state index contributed by atoms with van der Waals surface area (Å²) in [6.45, 7) is 6.97. The summed E-state index contributed by atoms with van der Waals surface area (Å²) >= 11 is 0. The molecule has 2 saturated heterocycles. The molecule has 2 fully saturated rings. The first-order valence-electron chi connectivity index (χ1n) is 17.4. The number of anilines is 2. The number of aliphatic hydroxyl groups is 1. The van der Waals surface area contributed by atoms with Crippen molar-refractivity contribution in [2.24, 2.45) is 5.92 Å². The van der Waals surface area contributed by atoms with Crippen LogP contribution in [0, 0.1) is 5.92 Å². The summed E-state index contributed by atoms with van der Waals surface area (Å²) in [5, 5.41) is 16.0. The lowest BCUT2D eigenvalue weighted by atomic mass is 9.82. The maximum absolute atomic E-state index is 14.8. The molecular weight excluding hydrogens is 653 g/mol. The summed E-state index contributed by atoms with van der Waals surface area (Å²) in [6.07, 6.45) is 1.01. The molecule has 6 rings (SSSR count). The fourth-order valence-corrected chi connectivity index (χ4v) is 10.6. The summed E-state index contributed by atoms with van der Waals surface area (Å²) in [7, 11) is -1.45. The molecule has 0 bridgehead atoms. The molecule has 0 radical (unpaired) electrons. The van der Waals surface area contributed by atoms with Crippen LogP contribution in [0.2, 0.25) is 18.6 Å². The molecule has 4 N–H and O–H groups in total. The Morgan fingerprint density at radius 3 is 2.48 bits per heavy atom. The molecule has 3 aromatic carbocycles. The zero-order valence-corrected chi connectivity index (χ0v) is 30.2. The summed E-state index contributed by atoms with van der Waals surface area (Å²) in [4.78, 5) is 56.4. The number of fused-ring (bicyclic) bond motifs is 2. The normalized spacial score (nSPS) is 24.4. The molecule has 12 heteroatoms. The number of rotatable bonds is 12. The molecule has 3 aliphatic heterocycles. The molecule has 3 aromatic rings. The molecule has 266 valence electrons. The molecule has 50 heavy (non-hydrogen) atoms. The molecule has 1 spiro atoms. The quantitative estimate of drug-likeness (QED) is 0.207. The van der Waals surface area contributed by atoms with Gasteiger partial charge in [-0.1, -0.05) is 49.4 Å². The van der Waals surface area contributed by atoms with Crippen molar-refractivity contribution in [1.82, 2.24) is 10.2 Å². The number of carbonyl (C=O) groups excluding carboxylic acids is 3. The zero-order chi connectivity index (χ0) is 35.6. The van der Waals surface area contributed by atoms with Gasteiger partial charge in [0.1, 0.15) is 5.75 Å². The number of methoxy groups -OCH3 is 1. The van der Waals surface area contributed by atoms with E-state index in [-0.39, 0.29) is 49.9 Å². The third-order valence-electron chi connectivity index (χ3n) is 10.4. The Bertz CT molecular complexity index is 1690. The summed E-state index contributed by atoms with van der Waals surface area (Å²) in [5.41, 5.74) is 1.92. The molecule has 0 aromatic heterocycles. The number of amides is 3. The first kappa shape index (κ1) is 35.7. The van der Waals surface area contributed by atoms with E-state index in [9.17, 15) is 24.3 Å². The van der Waals surface area contributed by atoms with Crippen LogP contribution in [0.4, 0.5) is 11.4 Å². The SMILES string of the molecule is COc1ccc2c(c1)[C@]1(O[C@@H](CC(=O)N(CCO)Cc3ccccc3)[C@H]([Si](C)(C)O)[C@H]1C)C(=O)N2Cc1ccc(NC(=O)[C@H]2CCCN2)cc1. The molecule has 11 nitrogen and oxygen atoms in total. The Labute approximate surface area is 294 Å². The van der Waals surface area contributed by atoms with Crippen molar-refractivity contribution >= 4 is 37.4 Å². The predicted molar refractivity (Wildman–Crippen MR) is 193 cm³/mol. The molecule has 0 unspecified atom stereocenters. The van der Waals surface area contributed by atoms with E-state index in [2.05, 4.69) is 10.6 Å². The number of carbonyl (C=O) groups is 3. The molecule has 3 amide bonds. The minimum atomic E-state index is -3.02. The topological polar surface area (TPSA) is 141 Å². The van der Waals surface area contributed by atoms with E-state index < -0.39 is 31.5 Å². The lowest BCUT2D eigenvalue weighted by molar-refractivity contribution is -0.150. The Hall–Kier alpha value is -4.07. The molecule has 3 aliphatic rings. The van der Waals surface area contributed by atoms with Gasteiger partial charge in [0.15, 0.2) is 13.9 Å². The van der Waals surface area contributed by atoms with Crippen LogP contribution in [-0.4, -0.2) is 79.8 Å². The number of ether oxygens (including phenoxy) is 2. The van der Waals surface area contributed by atoms with Crippen molar-refractivity contribution in [3.63, 3.8) is 0 Å². The molecule has 0 saturated carbocycles. The average Bonchev–Trinajstić information content (AvgIpc) is 3.79. The van der Waals surface area contributed by atoms with Crippen molar-refractivity contribution < 1.29 is 33.8 Å². The molecule has 3 heterocycles. The van der Waals surface area contributed by atoms with Crippen LogP contribution in [0.1, 0.15) is 42.9 Å². The standard InChI is InChI=1S/C38H48N4O7Si/c1-25-35(50(3,4)47)33(22-34(44)41(19-20-43)23-26-9-6-5-7-10-26)49-38(25)30-21-29(48-2)16-17-32(30)42(37(38)46)24-27-12-14-28(15-13-27)40-36(45)31-11-8-18-39-31/h5-7,9-10,12-17,21,25,31,33,35,39,43,47H,8,11,18-20,22-24H2,1-4H3,(H,40,45)/t25-,31-,33+,35-,38+/m1/s1. The van der Waals surface area contributed by atoms with Crippen molar-refractivity contribution in [2.75, 3.05) is 37.0 Å². The molecule has 5 atom stereocenters. The van der Waals surface area contributed by atoms with Crippen LogP contribution >= 0.6 is 0 Å². The largest absolute Gasteiger partial charge is 0.497 e. The second kappa shape index (κ2) is 14.6. The van der Waals surface area contributed by atoms with Crippen molar-refractivity contribution in [3.8, 4) is 5.75 Å². The van der Waals surface area contributed by atoms with Gasteiger partial charge in [-0.15, -0.1) is 0 Å². The van der Waals surface area contributed by atoms with Gasteiger partial charge < -0.3 is 39.8 Å². The Kier molecular flexibility index (Phi) is 10.5. The van der Waals surface area contributed by atoms with Crippen molar-refractivity contribution in [2.45, 2.75) is 75.7 Å². The maximum Gasteiger partial charge on any atom is 0.264 e. The average molecular weight is 701 g/mol. The first-order chi connectivity index (χ1) is 24.0. The Morgan fingerprint density at radius 2 is 1.84 bits per heavy atom. The number of hydrogen-bond acceptors (Lipinski definition) is 8. The minimum absolute atomic E-state index is 0.0449. The van der Waals surface area contributed by atoms with E-state index in [0.29, 0.717) is 29.2 Å². The van der Waals surface area contributed by atoms with Gasteiger partial charge in [0.25, 0.3) is 5.91 Å². The lowest BCUT2D eigenvalue weighted by Gasteiger charge is -2.32. The van der Waals surface area contributed by atoms with Gasteiger partial charge in [0.05, 0.1) is 44.5 Å². The maximum atomic E-state index is 14.8. The van der Waals surface area contributed by atoms with Gasteiger partial charge in [-0.05, 0) is 73.9 Å². The Morgan fingerprint density at radius 1 is 1.10 bits per heavy atom.